The van der Waals surface area contributed by atoms with E-state index < -0.39 is 21.8 Å². The Morgan fingerprint density at radius 2 is 1.80 bits per heavy atom. The van der Waals surface area contributed by atoms with Crippen molar-refractivity contribution in [2.24, 2.45) is 0 Å². The number of rotatable bonds is 8. The van der Waals surface area contributed by atoms with E-state index in [1.807, 2.05) is 0 Å². The van der Waals surface area contributed by atoms with Gasteiger partial charge in [-0.2, -0.15) is 0 Å². The van der Waals surface area contributed by atoms with Gasteiger partial charge in [0.25, 0.3) is 5.91 Å². The molecule has 3 N–H and O–H groups in total. The molecule has 0 saturated heterocycles. The van der Waals surface area contributed by atoms with Gasteiger partial charge in [-0.15, -0.1) is 0 Å². The highest BCUT2D eigenvalue weighted by molar-refractivity contribution is 7.89. The minimum atomic E-state index is -3.80. The van der Waals surface area contributed by atoms with Crippen LogP contribution < -0.4 is 15.4 Å². The van der Waals surface area contributed by atoms with Gasteiger partial charge in [-0.05, 0) is 48.5 Å². The second kappa shape index (κ2) is 9.57. The third-order valence-corrected chi connectivity index (χ3v) is 5.57. The predicted molar refractivity (Wildman–Crippen MR) is 112 cm³/mol. The number of hydrogen-bond donors (Lipinski definition) is 3. The highest BCUT2D eigenvalue weighted by Gasteiger charge is 2.16. The first-order valence-electron chi connectivity index (χ1n) is 8.79. The Balaban J connectivity index is 1.57. The topological polar surface area (TPSA) is 118 Å². The monoisotopic (exact) mass is 447 g/mol. The van der Waals surface area contributed by atoms with Crippen molar-refractivity contribution in [3.63, 3.8) is 0 Å². The highest BCUT2D eigenvalue weighted by atomic mass is 35.5. The van der Waals surface area contributed by atoms with Crippen LogP contribution in [0.4, 0.5) is 5.69 Å². The Morgan fingerprint density at radius 3 is 2.53 bits per heavy atom. The number of hydrogen-bond acceptors (Lipinski definition) is 5. The number of nitrogens with one attached hydrogen (secondary N) is 3. The molecule has 0 fully saturated rings. The molecular formula is C20H18ClN3O5S. The summed E-state index contributed by atoms with van der Waals surface area (Å²) >= 11 is 5.84. The summed E-state index contributed by atoms with van der Waals surface area (Å²) < 4.78 is 32.4. The Hall–Kier alpha value is -3.14. The molecule has 0 atom stereocenters. The molecule has 10 heteroatoms. The van der Waals surface area contributed by atoms with Crippen molar-refractivity contribution in [2.75, 3.05) is 11.9 Å². The zero-order valence-electron chi connectivity index (χ0n) is 15.6. The number of anilines is 1. The van der Waals surface area contributed by atoms with E-state index in [0.29, 0.717) is 16.3 Å². The first-order chi connectivity index (χ1) is 14.3. The fraction of sp³-hybridized carbons (Fsp3) is 0.100. The van der Waals surface area contributed by atoms with Crippen LogP contribution >= 0.6 is 11.6 Å². The third kappa shape index (κ3) is 5.93. The molecule has 0 aliphatic heterocycles. The molecule has 30 heavy (non-hydrogen) atoms. The lowest BCUT2D eigenvalue weighted by molar-refractivity contribution is -0.115. The van der Waals surface area contributed by atoms with Crippen molar-refractivity contribution in [3.8, 4) is 0 Å². The van der Waals surface area contributed by atoms with Crippen molar-refractivity contribution in [2.45, 2.75) is 11.4 Å². The first kappa shape index (κ1) is 21.6. The average molecular weight is 448 g/mol. The van der Waals surface area contributed by atoms with E-state index in [1.54, 1.807) is 36.4 Å². The lowest BCUT2D eigenvalue weighted by atomic mass is 10.2. The lowest BCUT2D eigenvalue weighted by Crippen LogP contribution is -2.32. The van der Waals surface area contributed by atoms with Crippen LogP contribution in [0.15, 0.2) is 76.2 Å². The summed E-state index contributed by atoms with van der Waals surface area (Å²) in [5.74, 6) is -0.493. The minimum Gasteiger partial charge on any atom is -0.468 e. The molecule has 2 aromatic carbocycles. The second-order valence-corrected chi connectivity index (χ2v) is 8.38. The Kier molecular flexibility index (Phi) is 6.88. The molecular weight excluding hydrogens is 430 g/mol. The number of halogens is 1. The van der Waals surface area contributed by atoms with Crippen molar-refractivity contribution >= 4 is 39.1 Å². The SMILES string of the molecule is O=C(CNC(=O)c1cccc(Cl)c1)Nc1cccc(S(=O)(=O)NCc2ccco2)c1. The van der Waals surface area contributed by atoms with Gasteiger partial charge in [-0.1, -0.05) is 23.7 Å². The number of furan rings is 1. The van der Waals surface area contributed by atoms with Crippen LogP contribution in [0.25, 0.3) is 0 Å². The number of carbonyl (C=O) groups excluding carboxylic acids is 2. The molecule has 0 aliphatic rings. The molecule has 0 bridgehead atoms. The summed E-state index contributed by atoms with van der Waals surface area (Å²) in [5.41, 5.74) is 0.601. The number of amides is 2. The summed E-state index contributed by atoms with van der Waals surface area (Å²) in [4.78, 5) is 24.2. The molecule has 0 saturated carbocycles. The number of benzene rings is 2. The molecule has 0 aliphatic carbocycles. The zero-order chi connectivity index (χ0) is 21.6. The van der Waals surface area contributed by atoms with Crippen LogP contribution in [0, 0.1) is 0 Å². The van der Waals surface area contributed by atoms with Crippen molar-refractivity contribution < 1.29 is 22.4 Å². The molecule has 2 amide bonds. The summed E-state index contributed by atoms with van der Waals surface area (Å²) in [6.07, 6.45) is 1.45. The molecule has 0 radical (unpaired) electrons. The van der Waals surface area contributed by atoms with E-state index in [-0.39, 0.29) is 23.7 Å². The van der Waals surface area contributed by atoms with Gasteiger partial charge in [0.2, 0.25) is 15.9 Å². The van der Waals surface area contributed by atoms with E-state index in [4.69, 9.17) is 16.0 Å². The quantitative estimate of drug-likeness (QED) is 0.490. The van der Waals surface area contributed by atoms with Gasteiger partial charge in [-0.3, -0.25) is 9.59 Å². The first-order valence-corrected chi connectivity index (χ1v) is 10.7. The maximum absolute atomic E-state index is 12.4. The summed E-state index contributed by atoms with van der Waals surface area (Å²) in [6, 6.07) is 15.4. The number of carbonyl (C=O) groups is 2. The van der Waals surface area contributed by atoms with Crippen LogP contribution in [-0.2, 0) is 21.4 Å². The van der Waals surface area contributed by atoms with Crippen molar-refractivity contribution in [3.05, 3.63) is 83.3 Å². The summed E-state index contributed by atoms with van der Waals surface area (Å²) in [5, 5.41) is 5.44. The fourth-order valence-corrected chi connectivity index (χ4v) is 3.73. The minimum absolute atomic E-state index is 0.00144. The smallest absolute Gasteiger partial charge is 0.251 e. The highest BCUT2D eigenvalue weighted by Crippen LogP contribution is 2.16. The lowest BCUT2D eigenvalue weighted by Gasteiger charge is -2.10. The maximum atomic E-state index is 12.4. The second-order valence-electron chi connectivity index (χ2n) is 6.17. The Labute approximate surface area is 178 Å². The maximum Gasteiger partial charge on any atom is 0.251 e. The molecule has 0 spiro atoms. The van der Waals surface area contributed by atoms with Gasteiger partial charge in [-0.25, -0.2) is 13.1 Å². The van der Waals surface area contributed by atoms with Crippen LogP contribution in [0.1, 0.15) is 16.1 Å². The van der Waals surface area contributed by atoms with Gasteiger partial charge in [0, 0.05) is 16.3 Å². The van der Waals surface area contributed by atoms with E-state index in [9.17, 15) is 18.0 Å². The van der Waals surface area contributed by atoms with E-state index >= 15 is 0 Å². The number of sulfonamides is 1. The largest absolute Gasteiger partial charge is 0.468 e. The van der Waals surface area contributed by atoms with Gasteiger partial charge >= 0.3 is 0 Å². The van der Waals surface area contributed by atoms with E-state index in [2.05, 4.69) is 15.4 Å². The van der Waals surface area contributed by atoms with Gasteiger partial charge in [0.05, 0.1) is 24.2 Å². The third-order valence-electron chi connectivity index (χ3n) is 3.94. The van der Waals surface area contributed by atoms with E-state index in [1.165, 1.54) is 30.5 Å². The van der Waals surface area contributed by atoms with Gasteiger partial charge in [0.15, 0.2) is 0 Å². The molecule has 156 valence electrons. The standard InChI is InChI=1S/C20H18ClN3O5S/c21-15-5-1-4-14(10-15)20(26)22-13-19(25)24-16-6-2-8-18(11-16)30(27,28)23-12-17-7-3-9-29-17/h1-11,23H,12-13H2,(H,22,26)(H,24,25). The van der Waals surface area contributed by atoms with Gasteiger partial charge in [0.1, 0.15) is 5.76 Å². The Bertz CT molecular complexity index is 1150. The molecule has 1 aromatic heterocycles. The molecule has 8 nitrogen and oxygen atoms in total. The average Bonchev–Trinajstić information content (AvgIpc) is 3.24. The van der Waals surface area contributed by atoms with Crippen molar-refractivity contribution in [1.29, 1.82) is 0 Å². The molecule has 1 heterocycles. The van der Waals surface area contributed by atoms with Gasteiger partial charge < -0.3 is 15.1 Å². The van der Waals surface area contributed by atoms with E-state index in [0.717, 1.165) is 0 Å². The zero-order valence-corrected chi connectivity index (χ0v) is 17.2. The molecule has 0 unspecified atom stereocenters. The molecule has 3 rings (SSSR count). The van der Waals surface area contributed by atoms with Crippen LogP contribution in [0.3, 0.4) is 0 Å². The van der Waals surface area contributed by atoms with Crippen LogP contribution in [-0.4, -0.2) is 26.8 Å². The van der Waals surface area contributed by atoms with Crippen LogP contribution in [0.5, 0.6) is 0 Å². The fourth-order valence-electron chi connectivity index (χ4n) is 2.50. The predicted octanol–water partition coefficient (Wildman–Crippen LogP) is 2.78. The summed E-state index contributed by atoms with van der Waals surface area (Å²) in [7, 11) is -3.80. The van der Waals surface area contributed by atoms with Crippen molar-refractivity contribution in [1.82, 2.24) is 10.0 Å². The molecule has 3 aromatic rings. The van der Waals surface area contributed by atoms with Crippen LogP contribution in [0.2, 0.25) is 5.02 Å². The summed E-state index contributed by atoms with van der Waals surface area (Å²) in [6.45, 7) is -0.291. The normalized spacial score (nSPS) is 11.1. The Morgan fingerprint density at radius 1 is 1.00 bits per heavy atom.